The highest BCUT2D eigenvalue weighted by Crippen LogP contribution is 2.11. The maximum absolute atomic E-state index is 9.36. The Hall–Kier alpha value is -0.120. The molecule has 0 amide bonds. The molecular weight excluding hydrogens is 188 g/mol. The van der Waals surface area contributed by atoms with Gasteiger partial charge in [-0.15, -0.1) is 0 Å². The molecule has 0 aromatic carbocycles. The molecule has 0 spiro atoms. The first-order chi connectivity index (χ1) is 7.13. The van der Waals surface area contributed by atoms with Crippen LogP contribution in [0, 0.1) is 11.8 Å². The molecule has 0 aromatic heterocycles. The van der Waals surface area contributed by atoms with Gasteiger partial charge in [0.05, 0.1) is 6.61 Å². The Morgan fingerprint density at radius 2 is 2.13 bits per heavy atom. The predicted molar refractivity (Wildman–Crippen MR) is 63.9 cm³/mol. The fraction of sp³-hybridized carbons (Fsp3) is 1.00. The van der Waals surface area contributed by atoms with Gasteiger partial charge in [-0.3, -0.25) is 4.90 Å². The van der Waals surface area contributed by atoms with Crippen molar-refractivity contribution in [1.82, 2.24) is 10.2 Å². The lowest BCUT2D eigenvalue weighted by Gasteiger charge is -2.29. The van der Waals surface area contributed by atoms with Crippen molar-refractivity contribution in [2.24, 2.45) is 11.8 Å². The van der Waals surface area contributed by atoms with Crippen molar-refractivity contribution >= 4 is 0 Å². The molecule has 1 saturated heterocycles. The summed E-state index contributed by atoms with van der Waals surface area (Å²) >= 11 is 0. The van der Waals surface area contributed by atoms with Crippen LogP contribution in [0.3, 0.4) is 0 Å². The van der Waals surface area contributed by atoms with Gasteiger partial charge in [0.2, 0.25) is 0 Å². The van der Waals surface area contributed by atoms with Gasteiger partial charge >= 0.3 is 0 Å². The smallest absolute Gasteiger partial charge is 0.0599 e. The summed E-state index contributed by atoms with van der Waals surface area (Å²) in [5.74, 6) is 1.43. The van der Waals surface area contributed by atoms with E-state index in [1.807, 2.05) is 0 Å². The first-order valence-corrected chi connectivity index (χ1v) is 6.19. The average Bonchev–Trinajstić information content (AvgIpc) is 2.36. The Kier molecular flexibility index (Phi) is 5.58. The molecule has 1 rings (SSSR count). The highest BCUT2D eigenvalue weighted by Gasteiger charge is 2.22. The van der Waals surface area contributed by atoms with E-state index < -0.39 is 0 Å². The molecule has 0 saturated carbocycles. The Balaban J connectivity index is 2.46. The summed E-state index contributed by atoms with van der Waals surface area (Å²) in [5.41, 5.74) is 0. The fourth-order valence-corrected chi connectivity index (χ4v) is 2.12. The Morgan fingerprint density at radius 3 is 2.73 bits per heavy atom. The van der Waals surface area contributed by atoms with Gasteiger partial charge in [0.1, 0.15) is 0 Å². The third kappa shape index (κ3) is 4.49. The summed E-state index contributed by atoms with van der Waals surface area (Å²) in [6.45, 7) is 11.3. The number of hydrogen-bond acceptors (Lipinski definition) is 3. The van der Waals surface area contributed by atoms with Gasteiger partial charge in [-0.05, 0) is 31.3 Å². The maximum Gasteiger partial charge on any atom is 0.0599 e. The van der Waals surface area contributed by atoms with E-state index in [0.717, 1.165) is 32.1 Å². The van der Waals surface area contributed by atoms with Gasteiger partial charge in [-0.2, -0.15) is 0 Å². The molecule has 15 heavy (non-hydrogen) atoms. The van der Waals surface area contributed by atoms with Crippen LogP contribution in [0.1, 0.15) is 27.2 Å². The second-order valence-corrected chi connectivity index (χ2v) is 5.28. The van der Waals surface area contributed by atoms with Crippen LogP contribution in [0.4, 0.5) is 0 Å². The number of rotatable bonds is 4. The average molecular weight is 214 g/mol. The normalized spacial score (nSPS) is 29.4. The van der Waals surface area contributed by atoms with E-state index in [0.29, 0.717) is 12.0 Å². The Morgan fingerprint density at radius 1 is 1.40 bits per heavy atom. The van der Waals surface area contributed by atoms with Gasteiger partial charge in [0.25, 0.3) is 0 Å². The summed E-state index contributed by atoms with van der Waals surface area (Å²) in [5, 5.41) is 12.8. The maximum atomic E-state index is 9.36. The van der Waals surface area contributed by atoms with E-state index in [1.165, 1.54) is 6.42 Å². The van der Waals surface area contributed by atoms with Crippen LogP contribution in [-0.2, 0) is 0 Å². The molecule has 1 aliphatic heterocycles. The van der Waals surface area contributed by atoms with E-state index in [-0.39, 0.29) is 6.61 Å². The molecule has 0 aromatic rings. The third-order valence-corrected chi connectivity index (χ3v) is 3.14. The molecule has 3 heteroatoms. The molecule has 2 N–H and O–H groups in total. The van der Waals surface area contributed by atoms with Crippen molar-refractivity contribution in [3.8, 4) is 0 Å². The second kappa shape index (κ2) is 6.46. The molecule has 0 bridgehead atoms. The number of nitrogens with one attached hydrogen (secondary N) is 1. The van der Waals surface area contributed by atoms with E-state index in [4.69, 9.17) is 0 Å². The van der Waals surface area contributed by atoms with Gasteiger partial charge < -0.3 is 10.4 Å². The minimum Gasteiger partial charge on any atom is -0.395 e. The lowest BCUT2D eigenvalue weighted by molar-refractivity contribution is 0.119. The molecule has 3 nitrogen and oxygen atoms in total. The summed E-state index contributed by atoms with van der Waals surface area (Å²) in [4.78, 5) is 2.45. The van der Waals surface area contributed by atoms with Crippen molar-refractivity contribution < 1.29 is 5.11 Å². The van der Waals surface area contributed by atoms with Crippen LogP contribution in [0.2, 0.25) is 0 Å². The highest BCUT2D eigenvalue weighted by atomic mass is 16.3. The van der Waals surface area contributed by atoms with Crippen LogP contribution in [-0.4, -0.2) is 48.8 Å². The highest BCUT2D eigenvalue weighted by molar-refractivity contribution is 4.80. The largest absolute Gasteiger partial charge is 0.395 e. The van der Waals surface area contributed by atoms with E-state index in [1.54, 1.807) is 0 Å². The zero-order chi connectivity index (χ0) is 11.3. The number of hydrogen-bond donors (Lipinski definition) is 2. The van der Waals surface area contributed by atoms with Gasteiger partial charge in [0.15, 0.2) is 0 Å². The molecule has 0 aliphatic carbocycles. The summed E-state index contributed by atoms with van der Waals surface area (Å²) < 4.78 is 0. The van der Waals surface area contributed by atoms with Crippen LogP contribution in [0.5, 0.6) is 0 Å². The van der Waals surface area contributed by atoms with Crippen LogP contribution in [0.25, 0.3) is 0 Å². The van der Waals surface area contributed by atoms with Gasteiger partial charge in [-0.1, -0.05) is 20.8 Å². The van der Waals surface area contributed by atoms with Crippen molar-refractivity contribution in [3.63, 3.8) is 0 Å². The zero-order valence-electron chi connectivity index (χ0n) is 10.4. The summed E-state index contributed by atoms with van der Waals surface area (Å²) in [7, 11) is 0. The molecule has 0 radical (unpaired) electrons. The molecule has 2 unspecified atom stereocenters. The van der Waals surface area contributed by atoms with Crippen LogP contribution < -0.4 is 5.32 Å². The molecule has 1 fully saturated rings. The minimum absolute atomic E-state index is 0.276. The topological polar surface area (TPSA) is 35.5 Å². The molecule has 90 valence electrons. The van der Waals surface area contributed by atoms with E-state index in [2.05, 4.69) is 31.0 Å². The molecule has 2 atom stereocenters. The standard InChI is InChI=1S/C12H26N2O/c1-10(2)4-5-14-8-11(3)6-13-7-12(14)9-15/h10-13,15H,4-9H2,1-3H3. The third-order valence-electron chi connectivity index (χ3n) is 3.14. The van der Waals surface area contributed by atoms with E-state index >= 15 is 0 Å². The van der Waals surface area contributed by atoms with Crippen molar-refractivity contribution in [2.45, 2.75) is 33.2 Å². The van der Waals surface area contributed by atoms with E-state index in [9.17, 15) is 5.11 Å². The first kappa shape index (κ1) is 12.9. The summed E-state index contributed by atoms with van der Waals surface area (Å²) in [6.07, 6.45) is 1.23. The lowest BCUT2D eigenvalue weighted by Crippen LogP contribution is -2.43. The second-order valence-electron chi connectivity index (χ2n) is 5.28. The SMILES string of the molecule is CC(C)CCN1CC(C)CNCC1CO. The quantitative estimate of drug-likeness (QED) is 0.731. The number of nitrogens with zero attached hydrogens (tertiary/aromatic N) is 1. The number of aliphatic hydroxyl groups is 1. The van der Waals surface area contributed by atoms with Crippen molar-refractivity contribution in [2.75, 3.05) is 32.8 Å². The van der Waals surface area contributed by atoms with Crippen LogP contribution in [0.15, 0.2) is 0 Å². The molecular formula is C12H26N2O. The number of aliphatic hydroxyl groups excluding tert-OH is 1. The fourth-order valence-electron chi connectivity index (χ4n) is 2.12. The Labute approximate surface area is 93.9 Å². The molecule has 1 heterocycles. The van der Waals surface area contributed by atoms with Gasteiger partial charge in [-0.25, -0.2) is 0 Å². The lowest BCUT2D eigenvalue weighted by atomic mass is 10.1. The first-order valence-electron chi connectivity index (χ1n) is 6.19. The zero-order valence-corrected chi connectivity index (χ0v) is 10.4. The van der Waals surface area contributed by atoms with Gasteiger partial charge in [0, 0.05) is 19.1 Å². The predicted octanol–water partition coefficient (Wildman–Crippen LogP) is 0.935. The van der Waals surface area contributed by atoms with Crippen molar-refractivity contribution in [3.05, 3.63) is 0 Å². The monoisotopic (exact) mass is 214 g/mol. The van der Waals surface area contributed by atoms with Crippen molar-refractivity contribution in [1.29, 1.82) is 0 Å². The molecule has 1 aliphatic rings. The summed E-state index contributed by atoms with van der Waals surface area (Å²) in [6, 6.07) is 0.314. The van der Waals surface area contributed by atoms with Crippen LogP contribution >= 0.6 is 0 Å². The Bertz CT molecular complexity index is 173. The minimum atomic E-state index is 0.276.